The highest BCUT2D eigenvalue weighted by molar-refractivity contribution is 5.93. The lowest BCUT2D eigenvalue weighted by Gasteiger charge is -2.36. The quantitative estimate of drug-likeness (QED) is 0.831. The molecular weight excluding hydrogens is 202 g/mol. The van der Waals surface area contributed by atoms with Gasteiger partial charge in [-0.15, -0.1) is 0 Å². The largest absolute Gasteiger partial charge is 0.338 e. The first-order chi connectivity index (χ1) is 7.70. The topological polar surface area (TPSA) is 49.0 Å². The van der Waals surface area contributed by atoms with Gasteiger partial charge >= 0.3 is 0 Å². The summed E-state index contributed by atoms with van der Waals surface area (Å²) in [6.07, 6.45) is 8.14. The van der Waals surface area contributed by atoms with Gasteiger partial charge in [0, 0.05) is 19.3 Å². The molecule has 16 heavy (non-hydrogen) atoms. The second-order valence-electron chi connectivity index (χ2n) is 4.73. The lowest BCUT2D eigenvalue weighted by Crippen LogP contribution is -2.42. The number of nitrogens with one attached hydrogen (secondary N) is 1. The summed E-state index contributed by atoms with van der Waals surface area (Å²) in [7, 11) is 1.90. The Morgan fingerprint density at radius 2 is 2.25 bits per heavy atom. The van der Waals surface area contributed by atoms with Crippen LogP contribution in [0, 0.1) is 5.92 Å². The zero-order valence-electron chi connectivity index (χ0n) is 9.94. The molecule has 0 aromatic carbocycles. The number of nitrogens with zero attached hydrogens (tertiary/aromatic N) is 2. The number of amides is 1. The van der Waals surface area contributed by atoms with Gasteiger partial charge in [0.25, 0.3) is 5.91 Å². The van der Waals surface area contributed by atoms with E-state index < -0.39 is 0 Å². The maximum atomic E-state index is 12.1. The van der Waals surface area contributed by atoms with Crippen LogP contribution in [0.15, 0.2) is 12.4 Å². The van der Waals surface area contributed by atoms with Gasteiger partial charge in [0.15, 0.2) is 0 Å². The van der Waals surface area contributed by atoms with Gasteiger partial charge in [-0.05, 0) is 18.8 Å². The van der Waals surface area contributed by atoms with E-state index in [1.165, 1.54) is 19.3 Å². The number of carbonyl (C=O) groups is 1. The van der Waals surface area contributed by atoms with E-state index in [2.05, 4.69) is 17.1 Å². The predicted octanol–water partition coefficient (Wildman–Crippen LogP) is 2.06. The van der Waals surface area contributed by atoms with Gasteiger partial charge in [-0.2, -0.15) is 5.10 Å². The smallest absolute Gasteiger partial charge is 0.257 e. The van der Waals surface area contributed by atoms with Crippen LogP contribution in [-0.2, 0) is 0 Å². The fourth-order valence-corrected chi connectivity index (χ4v) is 2.59. The minimum atomic E-state index is 0.0764. The summed E-state index contributed by atoms with van der Waals surface area (Å²) in [5.41, 5.74) is 0.653. The van der Waals surface area contributed by atoms with Crippen molar-refractivity contribution in [3.63, 3.8) is 0 Å². The SMILES string of the molecule is CC1CCCCC1N(C)C(=O)c1cn[nH]c1. The van der Waals surface area contributed by atoms with Gasteiger partial charge in [0.05, 0.1) is 11.8 Å². The average molecular weight is 221 g/mol. The molecule has 1 N–H and O–H groups in total. The number of hydrogen-bond donors (Lipinski definition) is 1. The number of hydrogen-bond acceptors (Lipinski definition) is 2. The summed E-state index contributed by atoms with van der Waals surface area (Å²) in [5.74, 6) is 0.683. The normalized spacial score (nSPS) is 25.4. The molecule has 2 atom stereocenters. The van der Waals surface area contributed by atoms with Crippen molar-refractivity contribution in [3.05, 3.63) is 18.0 Å². The lowest BCUT2D eigenvalue weighted by molar-refractivity contribution is 0.0629. The van der Waals surface area contributed by atoms with E-state index in [0.29, 0.717) is 17.5 Å². The maximum absolute atomic E-state index is 12.1. The van der Waals surface area contributed by atoms with Crippen molar-refractivity contribution in [2.45, 2.75) is 38.6 Å². The van der Waals surface area contributed by atoms with E-state index in [0.717, 1.165) is 6.42 Å². The molecule has 0 bridgehead atoms. The molecule has 4 heteroatoms. The third-order valence-corrected chi connectivity index (χ3v) is 3.63. The van der Waals surface area contributed by atoms with E-state index in [1.807, 2.05) is 11.9 Å². The molecule has 0 aliphatic heterocycles. The van der Waals surface area contributed by atoms with Gasteiger partial charge in [0.1, 0.15) is 0 Å². The van der Waals surface area contributed by atoms with Crippen molar-refractivity contribution >= 4 is 5.91 Å². The Balaban J connectivity index is 2.06. The van der Waals surface area contributed by atoms with Crippen molar-refractivity contribution in [1.82, 2.24) is 15.1 Å². The average Bonchev–Trinajstić information content (AvgIpc) is 2.81. The molecular formula is C12H19N3O. The molecule has 1 heterocycles. The molecule has 1 saturated carbocycles. The molecule has 2 rings (SSSR count). The van der Waals surface area contributed by atoms with Crippen LogP contribution < -0.4 is 0 Å². The summed E-state index contributed by atoms with van der Waals surface area (Å²) in [5, 5.41) is 6.50. The number of aromatic amines is 1. The molecule has 1 fully saturated rings. The van der Waals surface area contributed by atoms with Crippen LogP contribution in [0.4, 0.5) is 0 Å². The Bertz CT molecular complexity index is 347. The first kappa shape index (κ1) is 11.2. The third kappa shape index (κ3) is 2.10. The van der Waals surface area contributed by atoms with Crippen molar-refractivity contribution < 1.29 is 4.79 Å². The predicted molar refractivity (Wildman–Crippen MR) is 62.1 cm³/mol. The molecule has 4 nitrogen and oxygen atoms in total. The monoisotopic (exact) mass is 221 g/mol. The Labute approximate surface area is 96.0 Å². The Hall–Kier alpha value is -1.32. The second kappa shape index (κ2) is 4.68. The fourth-order valence-electron chi connectivity index (χ4n) is 2.59. The molecule has 0 saturated heterocycles. The zero-order valence-corrected chi connectivity index (χ0v) is 9.94. The molecule has 2 unspecified atom stereocenters. The summed E-state index contributed by atoms with van der Waals surface area (Å²) in [4.78, 5) is 14.0. The number of H-pyrrole nitrogens is 1. The van der Waals surface area contributed by atoms with Crippen LogP contribution in [0.1, 0.15) is 43.0 Å². The molecule has 88 valence electrons. The van der Waals surface area contributed by atoms with Gasteiger partial charge in [-0.3, -0.25) is 9.89 Å². The zero-order chi connectivity index (χ0) is 11.5. The fraction of sp³-hybridized carbons (Fsp3) is 0.667. The number of aromatic nitrogens is 2. The first-order valence-corrected chi connectivity index (χ1v) is 5.96. The maximum Gasteiger partial charge on any atom is 0.257 e. The minimum absolute atomic E-state index is 0.0764. The van der Waals surface area contributed by atoms with Crippen LogP contribution in [-0.4, -0.2) is 34.1 Å². The van der Waals surface area contributed by atoms with Crippen LogP contribution in [0.5, 0.6) is 0 Å². The van der Waals surface area contributed by atoms with Crippen molar-refractivity contribution in [2.75, 3.05) is 7.05 Å². The summed E-state index contributed by atoms with van der Waals surface area (Å²) in [6, 6.07) is 0.385. The van der Waals surface area contributed by atoms with Gasteiger partial charge in [0.2, 0.25) is 0 Å². The van der Waals surface area contributed by atoms with Crippen LogP contribution in [0.25, 0.3) is 0 Å². The third-order valence-electron chi connectivity index (χ3n) is 3.63. The molecule has 0 spiro atoms. The van der Waals surface area contributed by atoms with Crippen molar-refractivity contribution in [2.24, 2.45) is 5.92 Å². The van der Waals surface area contributed by atoms with Gasteiger partial charge < -0.3 is 4.90 Å². The van der Waals surface area contributed by atoms with Crippen molar-refractivity contribution in [3.8, 4) is 0 Å². The number of rotatable bonds is 2. The standard InChI is InChI=1S/C12H19N3O/c1-9-5-3-4-6-11(9)15(2)12(16)10-7-13-14-8-10/h7-9,11H,3-6H2,1-2H3,(H,13,14). The number of carbonyl (C=O) groups excluding carboxylic acids is 1. The van der Waals surface area contributed by atoms with Crippen LogP contribution >= 0.6 is 0 Å². The van der Waals surface area contributed by atoms with E-state index in [4.69, 9.17) is 0 Å². The molecule has 1 amide bonds. The summed E-state index contributed by atoms with van der Waals surface area (Å²) < 4.78 is 0. The summed E-state index contributed by atoms with van der Waals surface area (Å²) >= 11 is 0. The highest BCUT2D eigenvalue weighted by Crippen LogP contribution is 2.28. The van der Waals surface area contributed by atoms with E-state index in [9.17, 15) is 4.79 Å². The van der Waals surface area contributed by atoms with E-state index in [-0.39, 0.29) is 5.91 Å². The molecule has 1 aliphatic rings. The lowest BCUT2D eigenvalue weighted by atomic mass is 9.85. The summed E-state index contributed by atoms with van der Waals surface area (Å²) in [6.45, 7) is 2.24. The molecule has 0 radical (unpaired) electrons. The minimum Gasteiger partial charge on any atom is -0.338 e. The van der Waals surface area contributed by atoms with Crippen molar-refractivity contribution in [1.29, 1.82) is 0 Å². The molecule has 1 aliphatic carbocycles. The molecule has 1 aromatic rings. The van der Waals surface area contributed by atoms with Gasteiger partial charge in [-0.1, -0.05) is 19.8 Å². The first-order valence-electron chi connectivity index (χ1n) is 5.96. The second-order valence-corrected chi connectivity index (χ2v) is 4.73. The Morgan fingerprint density at radius 1 is 1.50 bits per heavy atom. The van der Waals surface area contributed by atoms with Crippen LogP contribution in [0.3, 0.4) is 0 Å². The van der Waals surface area contributed by atoms with E-state index in [1.54, 1.807) is 12.4 Å². The highest BCUT2D eigenvalue weighted by atomic mass is 16.2. The Morgan fingerprint density at radius 3 is 2.88 bits per heavy atom. The molecule has 1 aromatic heterocycles. The van der Waals surface area contributed by atoms with Crippen LogP contribution in [0.2, 0.25) is 0 Å². The highest BCUT2D eigenvalue weighted by Gasteiger charge is 2.28. The van der Waals surface area contributed by atoms with Gasteiger partial charge in [-0.25, -0.2) is 0 Å². The van der Waals surface area contributed by atoms with E-state index >= 15 is 0 Å². The Kier molecular flexibility index (Phi) is 3.27.